The van der Waals surface area contributed by atoms with E-state index in [1.54, 1.807) is 0 Å². The highest BCUT2D eigenvalue weighted by Crippen LogP contribution is 2.26. The van der Waals surface area contributed by atoms with Crippen molar-refractivity contribution >= 4 is 27.5 Å². The number of aromatic nitrogens is 1. The molecular formula is C17H16F2N2OS. The third kappa shape index (κ3) is 3.12. The van der Waals surface area contributed by atoms with Crippen LogP contribution >= 0.6 is 11.3 Å². The van der Waals surface area contributed by atoms with E-state index in [-0.39, 0.29) is 11.9 Å². The fraction of sp³-hybridized carbons (Fsp3) is 0.235. The largest absolute Gasteiger partial charge is 0.349 e. The van der Waals surface area contributed by atoms with Crippen molar-refractivity contribution in [2.24, 2.45) is 0 Å². The molecular weight excluding hydrogens is 318 g/mol. The van der Waals surface area contributed by atoms with E-state index in [0.29, 0.717) is 17.8 Å². The molecule has 0 bridgehead atoms. The molecule has 23 heavy (non-hydrogen) atoms. The molecule has 0 atom stereocenters. The van der Waals surface area contributed by atoms with Gasteiger partial charge in [0, 0.05) is 12.6 Å². The third-order valence-electron chi connectivity index (χ3n) is 3.50. The van der Waals surface area contributed by atoms with Gasteiger partial charge in [0.1, 0.15) is 5.69 Å². The Kier molecular flexibility index (Phi) is 4.17. The minimum atomic E-state index is -0.885. The van der Waals surface area contributed by atoms with Crippen LogP contribution in [0.25, 0.3) is 10.2 Å². The van der Waals surface area contributed by atoms with Gasteiger partial charge in [-0.25, -0.2) is 8.78 Å². The van der Waals surface area contributed by atoms with Gasteiger partial charge in [-0.15, -0.1) is 11.3 Å². The zero-order chi connectivity index (χ0) is 16.6. The number of amides is 1. The molecule has 1 amide bonds. The zero-order valence-corrected chi connectivity index (χ0v) is 13.6. The van der Waals surface area contributed by atoms with Gasteiger partial charge in [0.2, 0.25) is 0 Å². The van der Waals surface area contributed by atoms with Crippen LogP contribution in [0.1, 0.15) is 29.9 Å². The summed E-state index contributed by atoms with van der Waals surface area (Å²) in [5.41, 5.74) is 2.03. The number of thiophene rings is 1. The quantitative estimate of drug-likeness (QED) is 0.763. The smallest absolute Gasteiger partial charge is 0.268 e. The van der Waals surface area contributed by atoms with E-state index in [0.717, 1.165) is 22.3 Å². The van der Waals surface area contributed by atoms with Crippen LogP contribution in [0.5, 0.6) is 0 Å². The number of nitrogens with zero attached hydrogens (tertiary/aromatic N) is 1. The Hall–Kier alpha value is -2.21. The summed E-state index contributed by atoms with van der Waals surface area (Å²) in [6.45, 7) is 4.09. The second kappa shape index (κ2) is 6.12. The lowest BCUT2D eigenvalue weighted by molar-refractivity contribution is 0.0934. The van der Waals surface area contributed by atoms with E-state index in [4.69, 9.17) is 0 Å². The molecule has 0 saturated carbocycles. The van der Waals surface area contributed by atoms with Crippen LogP contribution < -0.4 is 5.32 Å². The molecule has 0 fully saturated rings. The highest BCUT2D eigenvalue weighted by atomic mass is 32.1. The first-order chi connectivity index (χ1) is 11.0. The van der Waals surface area contributed by atoms with Crippen LogP contribution in [0.3, 0.4) is 0 Å². The Morgan fingerprint density at radius 3 is 2.70 bits per heavy atom. The number of benzene rings is 1. The van der Waals surface area contributed by atoms with Crippen LogP contribution in [0.2, 0.25) is 0 Å². The van der Waals surface area contributed by atoms with Crippen LogP contribution in [-0.2, 0) is 6.54 Å². The number of halogens is 2. The molecule has 3 rings (SSSR count). The predicted molar refractivity (Wildman–Crippen MR) is 87.9 cm³/mol. The molecule has 3 aromatic rings. The second-order valence-corrected chi connectivity index (χ2v) is 6.61. The van der Waals surface area contributed by atoms with Crippen molar-refractivity contribution in [2.75, 3.05) is 0 Å². The lowest BCUT2D eigenvalue weighted by atomic mass is 10.2. The van der Waals surface area contributed by atoms with Crippen molar-refractivity contribution in [3.8, 4) is 0 Å². The summed E-state index contributed by atoms with van der Waals surface area (Å²) in [6, 6.07) is 7.57. The number of hydrogen-bond acceptors (Lipinski definition) is 2. The van der Waals surface area contributed by atoms with Gasteiger partial charge in [0.05, 0.1) is 10.2 Å². The Labute approximate surface area is 136 Å². The SMILES string of the molecule is CC(C)NC(=O)c1cc2sccc2n1Cc1ccc(F)c(F)c1. The second-order valence-electron chi connectivity index (χ2n) is 5.66. The maximum atomic E-state index is 13.4. The number of fused-ring (bicyclic) bond motifs is 1. The Balaban J connectivity index is 2.02. The van der Waals surface area contributed by atoms with Crippen LogP contribution in [0.4, 0.5) is 8.78 Å². The van der Waals surface area contributed by atoms with Crippen LogP contribution in [-0.4, -0.2) is 16.5 Å². The van der Waals surface area contributed by atoms with Gasteiger partial charge in [-0.1, -0.05) is 6.07 Å². The highest BCUT2D eigenvalue weighted by molar-refractivity contribution is 7.17. The molecule has 1 aromatic carbocycles. The predicted octanol–water partition coefficient (Wildman–Crippen LogP) is 4.17. The van der Waals surface area contributed by atoms with E-state index in [1.165, 1.54) is 17.4 Å². The molecule has 3 nitrogen and oxygen atoms in total. The molecule has 2 heterocycles. The van der Waals surface area contributed by atoms with Crippen LogP contribution in [0, 0.1) is 11.6 Å². The molecule has 0 aliphatic carbocycles. The summed E-state index contributed by atoms with van der Waals surface area (Å²) in [5, 5.41) is 4.81. The van der Waals surface area contributed by atoms with Crippen molar-refractivity contribution in [2.45, 2.75) is 26.4 Å². The first-order valence-electron chi connectivity index (χ1n) is 7.27. The number of carbonyl (C=O) groups excluding carboxylic acids is 1. The molecule has 0 spiro atoms. The highest BCUT2D eigenvalue weighted by Gasteiger charge is 2.17. The standard InChI is InChI=1S/C17H16F2N2OS/c1-10(2)20-17(22)15-8-16-14(5-6-23-16)21(15)9-11-3-4-12(18)13(19)7-11/h3-8,10H,9H2,1-2H3,(H,20,22). The molecule has 0 aliphatic heterocycles. The minimum absolute atomic E-state index is 0.0205. The fourth-order valence-electron chi connectivity index (χ4n) is 2.49. The van der Waals surface area contributed by atoms with Crippen molar-refractivity contribution < 1.29 is 13.6 Å². The Bertz CT molecular complexity index is 867. The molecule has 2 aromatic heterocycles. The van der Waals surface area contributed by atoms with Crippen molar-refractivity contribution in [1.82, 2.24) is 9.88 Å². The average Bonchev–Trinajstić information content (AvgIpc) is 3.05. The van der Waals surface area contributed by atoms with E-state index in [9.17, 15) is 13.6 Å². The van der Waals surface area contributed by atoms with Gasteiger partial charge in [0.15, 0.2) is 11.6 Å². The molecule has 0 aliphatic rings. The summed E-state index contributed by atoms with van der Waals surface area (Å²) in [4.78, 5) is 12.4. The maximum Gasteiger partial charge on any atom is 0.268 e. The third-order valence-corrected chi connectivity index (χ3v) is 4.35. The summed E-state index contributed by atoms with van der Waals surface area (Å²) in [6.07, 6.45) is 0. The number of carbonyl (C=O) groups is 1. The van der Waals surface area contributed by atoms with E-state index in [2.05, 4.69) is 5.32 Å². The van der Waals surface area contributed by atoms with Gasteiger partial charge in [-0.3, -0.25) is 4.79 Å². The van der Waals surface area contributed by atoms with E-state index < -0.39 is 11.6 Å². The lowest BCUT2D eigenvalue weighted by Crippen LogP contribution is -2.31. The summed E-state index contributed by atoms with van der Waals surface area (Å²) < 4.78 is 29.3. The number of rotatable bonds is 4. The topological polar surface area (TPSA) is 34.0 Å². The normalized spacial score (nSPS) is 11.3. The summed E-state index contributed by atoms with van der Waals surface area (Å²) in [5.74, 6) is -1.94. The molecule has 0 radical (unpaired) electrons. The minimum Gasteiger partial charge on any atom is -0.349 e. The number of hydrogen-bond donors (Lipinski definition) is 1. The summed E-state index contributed by atoms with van der Waals surface area (Å²) in [7, 11) is 0. The first kappa shape index (κ1) is 15.7. The first-order valence-corrected chi connectivity index (χ1v) is 8.15. The molecule has 0 saturated heterocycles. The van der Waals surface area contributed by atoms with Crippen molar-refractivity contribution in [1.29, 1.82) is 0 Å². The molecule has 6 heteroatoms. The van der Waals surface area contributed by atoms with Crippen LogP contribution in [0.15, 0.2) is 35.7 Å². The van der Waals surface area contributed by atoms with Gasteiger partial charge >= 0.3 is 0 Å². The molecule has 0 unspecified atom stereocenters. The number of nitrogens with one attached hydrogen (secondary N) is 1. The monoisotopic (exact) mass is 334 g/mol. The van der Waals surface area contributed by atoms with E-state index in [1.807, 2.05) is 35.9 Å². The average molecular weight is 334 g/mol. The van der Waals surface area contributed by atoms with Gasteiger partial charge < -0.3 is 9.88 Å². The van der Waals surface area contributed by atoms with Gasteiger partial charge in [-0.2, -0.15) is 0 Å². The van der Waals surface area contributed by atoms with Gasteiger partial charge in [-0.05, 0) is 49.1 Å². The maximum absolute atomic E-state index is 13.4. The fourth-order valence-corrected chi connectivity index (χ4v) is 3.31. The molecule has 120 valence electrons. The summed E-state index contributed by atoms with van der Waals surface area (Å²) >= 11 is 1.54. The lowest BCUT2D eigenvalue weighted by Gasteiger charge is -2.13. The molecule has 1 N–H and O–H groups in total. The Morgan fingerprint density at radius 2 is 2.00 bits per heavy atom. The Morgan fingerprint density at radius 1 is 1.22 bits per heavy atom. The zero-order valence-electron chi connectivity index (χ0n) is 12.8. The van der Waals surface area contributed by atoms with Gasteiger partial charge in [0.25, 0.3) is 5.91 Å². The van der Waals surface area contributed by atoms with Crippen molar-refractivity contribution in [3.63, 3.8) is 0 Å². The van der Waals surface area contributed by atoms with Crippen molar-refractivity contribution in [3.05, 3.63) is 58.6 Å². The van der Waals surface area contributed by atoms with E-state index >= 15 is 0 Å².